The summed E-state index contributed by atoms with van der Waals surface area (Å²) in [6, 6.07) is 8.83. The normalized spacial score (nSPS) is 22.4. The zero-order chi connectivity index (χ0) is 29.9. The van der Waals surface area contributed by atoms with Crippen LogP contribution in [0.25, 0.3) is 0 Å². The summed E-state index contributed by atoms with van der Waals surface area (Å²) in [6.07, 6.45) is 10.9. The van der Waals surface area contributed by atoms with E-state index in [-0.39, 0.29) is 47.8 Å². The van der Waals surface area contributed by atoms with Crippen molar-refractivity contribution >= 4 is 39.1 Å². The second-order valence-electron chi connectivity index (χ2n) is 11.8. The number of hydrogen-bond donors (Lipinski definition) is 4. The third-order valence-corrected chi connectivity index (χ3v) is 9.64. The van der Waals surface area contributed by atoms with Crippen molar-refractivity contribution in [3.8, 4) is 0 Å². The molecule has 5 N–H and O–H groups in total. The number of aromatic nitrogens is 1. The van der Waals surface area contributed by atoms with E-state index < -0.39 is 15.7 Å². The van der Waals surface area contributed by atoms with Gasteiger partial charge in [-0.2, -0.15) is 0 Å². The molecule has 3 fully saturated rings. The zero-order valence-corrected chi connectivity index (χ0v) is 24.8. The molecule has 3 atom stereocenters. The SMILES string of the molecule is CS(=O)(=O)CCNc1cc(C(=O)NC2CC3CCCN(c4ccc(C(=O)NC5CCCC5)cn4)C3C2)ccc1C(N)=O. The average molecular weight is 597 g/mol. The number of sulfone groups is 1. The van der Waals surface area contributed by atoms with Crippen molar-refractivity contribution < 1.29 is 22.8 Å². The zero-order valence-electron chi connectivity index (χ0n) is 24.0. The Morgan fingerprint density at radius 1 is 0.952 bits per heavy atom. The van der Waals surface area contributed by atoms with E-state index in [9.17, 15) is 22.8 Å². The molecule has 226 valence electrons. The third kappa shape index (κ3) is 7.21. The van der Waals surface area contributed by atoms with Gasteiger partial charge in [-0.3, -0.25) is 14.4 Å². The van der Waals surface area contributed by atoms with Gasteiger partial charge in [-0.1, -0.05) is 12.8 Å². The van der Waals surface area contributed by atoms with Gasteiger partial charge in [0.15, 0.2) is 0 Å². The summed E-state index contributed by atoms with van der Waals surface area (Å²) < 4.78 is 23.0. The van der Waals surface area contributed by atoms with Gasteiger partial charge in [-0.25, -0.2) is 13.4 Å². The van der Waals surface area contributed by atoms with Crippen LogP contribution in [0.3, 0.4) is 0 Å². The van der Waals surface area contributed by atoms with E-state index >= 15 is 0 Å². The van der Waals surface area contributed by atoms with Crippen LogP contribution in [0.2, 0.25) is 0 Å². The molecular weight excluding hydrogens is 556 g/mol. The molecule has 1 aromatic heterocycles. The fraction of sp³-hybridized carbons (Fsp3) is 0.533. The van der Waals surface area contributed by atoms with Crippen molar-refractivity contribution in [3.63, 3.8) is 0 Å². The van der Waals surface area contributed by atoms with Crippen molar-refractivity contribution in [2.75, 3.05) is 35.3 Å². The van der Waals surface area contributed by atoms with Crippen LogP contribution >= 0.6 is 0 Å². The molecule has 1 saturated heterocycles. The molecule has 5 rings (SSSR count). The van der Waals surface area contributed by atoms with Crippen molar-refractivity contribution in [2.45, 2.75) is 69.5 Å². The van der Waals surface area contributed by atoms with Crippen LogP contribution in [-0.4, -0.2) is 74.3 Å². The van der Waals surface area contributed by atoms with Crippen molar-refractivity contribution in [1.82, 2.24) is 15.6 Å². The summed E-state index contributed by atoms with van der Waals surface area (Å²) >= 11 is 0. The van der Waals surface area contributed by atoms with Crippen LogP contribution in [0, 0.1) is 5.92 Å². The Morgan fingerprint density at radius 2 is 1.67 bits per heavy atom. The lowest BCUT2D eigenvalue weighted by atomic mass is 9.92. The van der Waals surface area contributed by atoms with Gasteiger partial charge in [0, 0.05) is 54.9 Å². The maximum Gasteiger partial charge on any atom is 0.253 e. The lowest BCUT2D eigenvalue weighted by Crippen LogP contribution is -2.43. The highest BCUT2D eigenvalue weighted by molar-refractivity contribution is 7.90. The Labute approximate surface area is 246 Å². The van der Waals surface area contributed by atoms with Gasteiger partial charge in [-0.05, 0) is 74.8 Å². The van der Waals surface area contributed by atoms with Crippen molar-refractivity contribution in [3.05, 3.63) is 53.2 Å². The number of benzene rings is 1. The Hall–Kier alpha value is -3.67. The smallest absolute Gasteiger partial charge is 0.253 e. The molecule has 2 saturated carbocycles. The first kappa shape index (κ1) is 29.8. The summed E-state index contributed by atoms with van der Waals surface area (Å²) in [5, 5.41) is 9.21. The second-order valence-corrected chi connectivity index (χ2v) is 14.1. The third-order valence-electron chi connectivity index (χ3n) is 8.70. The van der Waals surface area contributed by atoms with Gasteiger partial charge in [0.25, 0.3) is 17.7 Å². The summed E-state index contributed by atoms with van der Waals surface area (Å²) in [7, 11) is -3.20. The minimum atomic E-state index is -3.20. The topological polar surface area (TPSA) is 164 Å². The van der Waals surface area contributed by atoms with Crippen LogP contribution < -0.4 is 26.6 Å². The number of nitrogens with zero attached hydrogens (tertiary/aromatic N) is 2. The predicted molar refractivity (Wildman–Crippen MR) is 161 cm³/mol. The molecule has 1 aliphatic heterocycles. The van der Waals surface area contributed by atoms with Gasteiger partial charge in [0.1, 0.15) is 15.7 Å². The molecule has 3 amide bonds. The Kier molecular flexibility index (Phi) is 9.00. The van der Waals surface area contributed by atoms with E-state index in [0.717, 1.165) is 70.0 Å². The molecule has 0 bridgehead atoms. The van der Waals surface area contributed by atoms with Crippen LogP contribution in [0.15, 0.2) is 36.5 Å². The molecule has 11 nitrogen and oxygen atoms in total. The first-order valence-electron chi connectivity index (χ1n) is 14.8. The van der Waals surface area contributed by atoms with E-state index in [4.69, 9.17) is 5.73 Å². The van der Waals surface area contributed by atoms with E-state index in [0.29, 0.717) is 22.7 Å². The minimum Gasteiger partial charge on any atom is -0.383 e. The van der Waals surface area contributed by atoms with E-state index in [1.165, 1.54) is 6.07 Å². The molecule has 0 spiro atoms. The number of hydrogen-bond acceptors (Lipinski definition) is 8. The molecule has 12 heteroatoms. The lowest BCUT2D eigenvalue weighted by Gasteiger charge is -2.38. The highest BCUT2D eigenvalue weighted by Crippen LogP contribution is 2.39. The van der Waals surface area contributed by atoms with Gasteiger partial charge in [0.2, 0.25) is 0 Å². The van der Waals surface area contributed by atoms with Gasteiger partial charge in [0.05, 0.1) is 16.9 Å². The Morgan fingerprint density at radius 3 is 2.36 bits per heavy atom. The lowest BCUT2D eigenvalue weighted by molar-refractivity contribution is 0.0928. The summed E-state index contributed by atoms with van der Waals surface area (Å²) in [5.41, 5.74) is 6.94. The Balaban J connectivity index is 1.22. The highest BCUT2D eigenvalue weighted by Gasteiger charge is 2.41. The number of pyridine rings is 1. The van der Waals surface area contributed by atoms with Gasteiger partial charge < -0.3 is 26.6 Å². The summed E-state index contributed by atoms with van der Waals surface area (Å²) in [4.78, 5) is 44.7. The van der Waals surface area contributed by atoms with Crippen molar-refractivity contribution in [2.24, 2.45) is 11.7 Å². The van der Waals surface area contributed by atoms with E-state index in [2.05, 4.69) is 25.8 Å². The van der Waals surface area contributed by atoms with E-state index in [1.54, 1.807) is 18.3 Å². The molecule has 0 radical (unpaired) electrons. The van der Waals surface area contributed by atoms with Crippen LogP contribution in [0.4, 0.5) is 11.5 Å². The average Bonchev–Trinajstić information content (AvgIpc) is 3.61. The minimum absolute atomic E-state index is 0.0259. The number of amides is 3. The molecule has 42 heavy (non-hydrogen) atoms. The molecule has 2 aliphatic carbocycles. The van der Waals surface area contributed by atoms with Crippen molar-refractivity contribution in [1.29, 1.82) is 0 Å². The monoisotopic (exact) mass is 596 g/mol. The van der Waals surface area contributed by atoms with Gasteiger partial charge >= 0.3 is 0 Å². The highest BCUT2D eigenvalue weighted by atomic mass is 32.2. The molecule has 3 aliphatic rings. The maximum absolute atomic E-state index is 13.2. The number of fused-ring (bicyclic) bond motifs is 1. The van der Waals surface area contributed by atoms with E-state index in [1.807, 2.05) is 12.1 Å². The van der Waals surface area contributed by atoms with Crippen LogP contribution in [0.5, 0.6) is 0 Å². The maximum atomic E-state index is 13.2. The second kappa shape index (κ2) is 12.7. The fourth-order valence-electron chi connectivity index (χ4n) is 6.60. The summed E-state index contributed by atoms with van der Waals surface area (Å²) in [6.45, 7) is 0.964. The Bertz CT molecular complexity index is 1420. The molecule has 2 aromatic rings. The number of primary amides is 1. The fourth-order valence-corrected chi connectivity index (χ4v) is 7.08. The van der Waals surface area contributed by atoms with Crippen LogP contribution in [-0.2, 0) is 9.84 Å². The number of anilines is 2. The number of rotatable bonds is 10. The standard InChI is InChI=1S/C30H40N6O5S/c1-42(40,41)14-12-32-25-16-20(8-10-24(25)28(31)37)29(38)35-23-15-19-5-4-13-36(26(19)17-23)27-11-9-21(18-33-27)30(39)34-22-6-2-3-7-22/h8-11,16,18-19,22-23,26,32H,2-7,12-15,17H2,1H3,(H2,31,37)(H,34,39)(H,35,38). The molecule has 2 heterocycles. The number of nitrogens with two attached hydrogens (primary N) is 1. The first-order valence-corrected chi connectivity index (χ1v) is 16.8. The van der Waals surface area contributed by atoms with Gasteiger partial charge in [-0.15, -0.1) is 0 Å². The molecule has 3 unspecified atom stereocenters. The molecule has 1 aromatic carbocycles. The number of carbonyl (C=O) groups excluding carboxylic acids is 3. The number of carbonyl (C=O) groups is 3. The number of piperidine rings is 1. The first-order chi connectivity index (χ1) is 20.1. The number of nitrogens with one attached hydrogen (secondary N) is 3. The largest absolute Gasteiger partial charge is 0.383 e. The quantitative estimate of drug-likeness (QED) is 0.325. The summed E-state index contributed by atoms with van der Waals surface area (Å²) in [5.74, 6) is 0.151. The molecular formula is C30H40N6O5S. The predicted octanol–water partition coefficient (Wildman–Crippen LogP) is 2.49. The van der Waals surface area contributed by atoms with Crippen LogP contribution in [0.1, 0.15) is 82.4 Å².